The molecule has 0 unspecified atom stereocenters. The number of rotatable bonds is 6. The number of ether oxygens (including phenoxy) is 1. The van der Waals surface area contributed by atoms with E-state index in [1.54, 1.807) is 41.5 Å². The predicted octanol–water partition coefficient (Wildman–Crippen LogP) is 2.47. The number of carbonyl (C=O) groups is 2. The molecule has 1 aliphatic rings. The first-order valence-electron chi connectivity index (χ1n) is 10.0. The van der Waals surface area contributed by atoms with E-state index in [2.05, 4.69) is 0 Å². The van der Waals surface area contributed by atoms with Crippen molar-refractivity contribution in [2.75, 3.05) is 32.8 Å². The third-order valence-electron chi connectivity index (χ3n) is 5.41. The summed E-state index contributed by atoms with van der Waals surface area (Å²) in [5, 5.41) is 0.469. The zero-order valence-electron chi connectivity index (χ0n) is 17.8. The second-order valence-electron chi connectivity index (χ2n) is 7.33. The molecule has 2 heterocycles. The van der Waals surface area contributed by atoms with Crippen molar-refractivity contribution in [3.05, 3.63) is 52.3 Å². The average molecular weight is 468 g/mol. The fourth-order valence-corrected chi connectivity index (χ4v) is 5.18. The Labute approximate surface area is 187 Å². The van der Waals surface area contributed by atoms with E-state index >= 15 is 0 Å². The highest BCUT2D eigenvalue weighted by molar-refractivity contribution is 7.89. The van der Waals surface area contributed by atoms with Crippen LogP contribution in [0.4, 0.5) is 0 Å². The van der Waals surface area contributed by atoms with E-state index in [-0.39, 0.29) is 37.0 Å². The summed E-state index contributed by atoms with van der Waals surface area (Å²) in [4.78, 5) is 26.8. The first kappa shape index (κ1) is 23.3. The van der Waals surface area contributed by atoms with Gasteiger partial charge < -0.3 is 14.2 Å². The van der Waals surface area contributed by atoms with Crippen molar-refractivity contribution < 1.29 is 22.7 Å². The van der Waals surface area contributed by atoms with Gasteiger partial charge in [0, 0.05) is 42.6 Å². The molecule has 1 aromatic heterocycles. The number of benzene rings is 1. The fourth-order valence-electron chi connectivity index (χ4n) is 3.63. The third kappa shape index (κ3) is 4.94. The Balaban J connectivity index is 1.65. The van der Waals surface area contributed by atoms with Crippen LogP contribution in [-0.4, -0.2) is 66.9 Å². The summed E-state index contributed by atoms with van der Waals surface area (Å²) >= 11 is 5.84. The number of aromatic nitrogens is 1. The molecule has 8 nitrogen and oxygen atoms in total. The van der Waals surface area contributed by atoms with E-state index in [0.29, 0.717) is 29.4 Å². The van der Waals surface area contributed by atoms with E-state index in [4.69, 9.17) is 16.3 Å². The second kappa shape index (κ2) is 9.42. The molecule has 0 aliphatic carbocycles. The van der Waals surface area contributed by atoms with Crippen molar-refractivity contribution in [2.24, 2.45) is 0 Å². The summed E-state index contributed by atoms with van der Waals surface area (Å²) in [5.41, 5.74) is 1.91. The monoisotopic (exact) mass is 467 g/mol. The van der Waals surface area contributed by atoms with Crippen molar-refractivity contribution >= 4 is 33.5 Å². The maximum Gasteiger partial charge on any atom is 0.339 e. The average Bonchev–Trinajstić information content (AvgIpc) is 3.02. The van der Waals surface area contributed by atoms with Gasteiger partial charge in [-0.2, -0.15) is 4.31 Å². The molecule has 1 aromatic carbocycles. The highest BCUT2D eigenvalue weighted by Crippen LogP contribution is 2.21. The zero-order valence-corrected chi connectivity index (χ0v) is 19.4. The number of hydrogen-bond donors (Lipinski definition) is 0. The van der Waals surface area contributed by atoms with Crippen LogP contribution in [0.15, 0.2) is 35.2 Å². The predicted molar refractivity (Wildman–Crippen MR) is 117 cm³/mol. The van der Waals surface area contributed by atoms with Crippen LogP contribution >= 0.6 is 11.6 Å². The van der Waals surface area contributed by atoms with E-state index < -0.39 is 16.0 Å². The minimum absolute atomic E-state index is 0.0843. The molecular formula is C21H26ClN3O5S. The van der Waals surface area contributed by atoms with Gasteiger partial charge in [-0.15, -0.1) is 0 Å². The van der Waals surface area contributed by atoms with Crippen LogP contribution in [0.25, 0.3) is 0 Å². The molecule has 168 valence electrons. The number of sulfonamides is 1. The lowest BCUT2D eigenvalue weighted by molar-refractivity contribution is -0.133. The molecule has 3 rings (SSSR count). The molecule has 0 bridgehead atoms. The maximum atomic E-state index is 12.8. The number of nitrogens with zero attached hydrogens (tertiary/aromatic N) is 3. The van der Waals surface area contributed by atoms with Crippen LogP contribution in [0.3, 0.4) is 0 Å². The van der Waals surface area contributed by atoms with Crippen LogP contribution in [0.5, 0.6) is 0 Å². The van der Waals surface area contributed by atoms with Crippen molar-refractivity contribution in [1.82, 2.24) is 13.8 Å². The van der Waals surface area contributed by atoms with Gasteiger partial charge in [0.2, 0.25) is 15.9 Å². The maximum absolute atomic E-state index is 12.8. The molecule has 1 aliphatic heterocycles. The van der Waals surface area contributed by atoms with Gasteiger partial charge in [-0.3, -0.25) is 4.79 Å². The summed E-state index contributed by atoms with van der Waals surface area (Å²) < 4.78 is 33.8. The van der Waals surface area contributed by atoms with Crippen LogP contribution in [-0.2, 0) is 26.1 Å². The van der Waals surface area contributed by atoms with Crippen LogP contribution in [0.1, 0.15) is 28.7 Å². The Morgan fingerprint density at radius 3 is 2.26 bits per heavy atom. The molecule has 31 heavy (non-hydrogen) atoms. The van der Waals surface area contributed by atoms with Gasteiger partial charge in [0.1, 0.15) is 6.54 Å². The highest BCUT2D eigenvalue weighted by Gasteiger charge is 2.30. The van der Waals surface area contributed by atoms with Gasteiger partial charge in [0.25, 0.3) is 0 Å². The summed E-state index contributed by atoms with van der Waals surface area (Å²) in [6, 6.07) is 7.76. The molecule has 0 radical (unpaired) electrons. The Morgan fingerprint density at radius 2 is 1.68 bits per heavy atom. The van der Waals surface area contributed by atoms with Crippen molar-refractivity contribution in [1.29, 1.82) is 0 Å². The smallest absolute Gasteiger partial charge is 0.339 e. The van der Waals surface area contributed by atoms with E-state index in [1.165, 1.54) is 16.4 Å². The van der Waals surface area contributed by atoms with Crippen LogP contribution in [0, 0.1) is 13.8 Å². The first-order valence-corrected chi connectivity index (χ1v) is 11.8. The van der Waals surface area contributed by atoms with Gasteiger partial charge in [-0.25, -0.2) is 13.2 Å². The minimum atomic E-state index is -3.63. The fraction of sp³-hybridized carbons (Fsp3) is 0.429. The molecule has 0 saturated carbocycles. The normalized spacial score (nSPS) is 15.2. The van der Waals surface area contributed by atoms with E-state index in [1.807, 2.05) is 6.92 Å². The Hall–Kier alpha value is -2.36. The van der Waals surface area contributed by atoms with Crippen LogP contribution in [0.2, 0.25) is 5.02 Å². The SMILES string of the molecule is CCOC(=O)c1cc(C)n(CC(=O)N2CCN(S(=O)(=O)c3ccc(Cl)cc3)CC2)c1C. The van der Waals surface area contributed by atoms with Crippen molar-refractivity contribution in [2.45, 2.75) is 32.2 Å². The Bertz CT molecular complexity index is 1070. The molecular weight excluding hydrogens is 442 g/mol. The van der Waals surface area contributed by atoms with E-state index in [9.17, 15) is 18.0 Å². The van der Waals surface area contributed by atoms with Gasteiger partial charge in [-0.1, -0.05) is 11.6 Å². The molecule has 1 amide bonds. The number of amides is 1. The molecule has 10 heteroatoms. The lowest BCUT2D eigenvalue weighted by Crippen LogP contribution is -2.51. The minimum Gasteiger partial charge on any atom is -0.462 e. The van der Waals surface area contributed by atoms with Crippen LogP contribution < -0.4 is 0 Å². The topological polar surface area (TPSA) is 88.9 Å². The quantitative estimate of drug-likeness (QED) is 0.609. The second-order valence-corrected chi connectivity index (χ2v) is 9.70. The number of hydrogen-bond acceptors (Lipinski definition) is 5. The summed E-state index contributed by atoms with van der Waals surface area (Å²) in [6.07, 6.45) is 0. The lowest BCUT2D eigenvalue weighted by Gasteiger charge is -2.34. The number of halogens is 1. The van der Waals surface area contributed by atoms with Gasteiger partial charge >= 0.3 is 5.97 Å². The van der Waals surface area contributed by atoms with Gasteiger partial charge in [-0.05, 0) is 51.1 Å². The number of aryl methyl sites for hydroxylation is 1. The number of carbonyl (C=O) groups excluding carboxylic acids is 2. The Kier molecular flexibility index (Phi) is 7.08. The lowest BCUT2D eigenvalue weighted by atomic mass is 10.2. The zero-order chi connectivity index (χ0) is 22.8. The van der Waals surface area contributed by atoms with E-state index in [0.717, 1.165) is 5.69 Å². The molecule has 1 saturated heterocycles. The summed E-state index contributed by atoms with van der Waals surface area (Å²) in [6.45, 7) is 6.76. The Morgan fingerprint density at radius 1 is 1.06 bits per heavy atom. The van der Waals surface area contributed by atoms with Crippen molar-refractivity contribution in [3.63, 3.8) is 0 Å². The standard InChI is InChI=1S/C21H26ClN3O5S/c1-4-30-21(27)19-13-15(2)25(16(19)3)14-20(26)23-9-11-24(12-10-23)31(28,29)18-7-5-17(22)6-8-18/h5-8,13H,4,9-12,14H2,1-3H3. The molecule has 1 fully saturated rings. The first-order chi connectivity index (χ1) is 14.6. The summed E-state index contributed by atoms with van der Waals surface area (Å²) in [7, 11) is -3.63. The van der Waals surface area contributed by atoms with Gasteiger partial charge in [0.05, 0.1) is 17.1 Å². The molecule has 0 spiro atoms. The highest BCUT2D eigenvalue weighted by atomic mass is 35.5. The van der Waals surface area contributed by atoms with Crippen molar-refractivity contribution in [3.8, 4) is 0 Å². The summed E-state index contributed by atoms with van der Waals surface area (Å²) in [5.74, 6) is -0.531. The molecule has 0 N–H and O–H groups in total. The number of esters is 1. The molecule has 2 aromatic rings. The molecule has 0 atom stereocenters. The largest absolute Gasteiger partial charge is 0.462 e. The van der Waals surface area contributed by atoms with Gasteiger partial charge in [0.15, 0.2) is 0 Å². The number of piperazine rings is 1. The third-order valence-corrected chi connectivity index (χ3v) is 7.57.